The van der Waals surface area contributed by atoms with Crippen LogP contribution in [-0.2, 0) is 4.79 Å². The fourth-order valence-corrected chi connectivity index (χ4v) is 2.40. The molecule has 1 heterocycles. The number of carbonyl (C=O) groups is 1. The lowest BCUT2D eigenvalue weighted by atomic mass is 10.1. The third kappa shape index (κ3) is 3.11. The number of likely N-dealkylation sites (N-methyl/N-ethyl adjacent to an activating group) is 2. The lowest BCUT2D eigenvalue weighted by molar-refractivity contribution is -0.119. The number of fused-ring (bicyclic) bond motifs is 1. The Kier molecular flexibility index (Phi) is 4.70. The van der Waals surface area contributed by atoms with Gasteiger partial charge in [-0.25, -0.2) is 0 Å². The van der Waals surface area contributed by atoms with Crippen molar-refractivity contribution in [3.8, 4) is 0 Å². The van der Waals surface area contributed by atoms with E-state index in [0.29, 0.717) is 12.1 Å². The van der Waals surface area contributed by atoms with Crippen molar-refractivity contribution in [3.05, 3.63) is 36.0 Å². The third-order valence-corrected chi connectivity index (χ3v) is 3.54. The average Bonchev–Trinajstić information content (AvgIpc) is 2.51. The highest BCUT2D eigenvalue weighted by Crippen LogP contribution is 2.29. The lowest BCUT2D eigenvalue weighted by Crippen LogP contribution is -2.36. The SMILES string of the molecule is CCN(CC(=O)NC)c1c(C(N)=S)cnc2ccccc12. The van der Waals surface area contributed by atoms with Gasteiger partial charge in [0.05, 0.1) is 23.3 Å². The molecule has 0 fully saturated rings. The highest BCUT2D eigenvalue weighted by Gasteiger charge is 2.18. The van der Waals surface area contributed by atoms with Gasteiger partial charge in [0.1, 0.15) is 4.99 Å². The van der Waals surface area contributed by atoms with Crippen LogP contribution >= 0.6 is 12.2 Å². The lowest BCUT2D eigenvalue weighted by Gasteiger charge is -2.26. The molecule has 21 heavy (non-hydrogen) atoms. The number of nitrogens with two attached hydrogens (primary N) is 1. The number of rotatable bonds is 5. The summed E-state index contributed by atoms with van der Waals surface area (Å²) in [5.74, 6) is -0.0633. The number of carbonyl (C=O) groups excluding carboxylic acids is 1. The Balaban J connectivity index is 2.64. The molecule has 5 nitrogen and oxygen atoms in total. The summed E-state index contributed by atoms with van der Waals surface area (Å²) in [6, 6.07) is 7.75. The Labute approximate surface area is 129 Å². The minimum atomic E-state index is -0.0633. The molecule has 0 bridgehead atoms. The monoisotopic (exact) mass is 302 g/mol. The Bertz CT molecular complexity index is 686. The summed E-state index contributed by atoms with van der Waals surface area (Å²) in [5, 5.41) is 3.57. The fraction of sp³-hybridized carbons (Fsp3) is 0.267. The first kappa shape index (κ1) is 15.2. The van der Waals surface area contributed by atoms with Gasteiger partial charge in [-0.2, -0.15) is 0 Å². The first-order chi connectivity index (χ1) is 10.1. The van der Waals surface area contributed by atoms with Crippen LogP contribution in [0.4, 0.5) is 5.69 Å². The smallest absolute Gasteiger partial charge is 0.239 e. The molecule has 110 valence electrons. The number of pyridine rings is 1. The molecule has 0 spiro atoms. The second-order valence-corrected chi connectivity index (χ2v) is 5.03. The zero-order valence-corrected chi connectivity index (χ0v) is 12.9. The quantitative estimate of drug-likeness (QED) is 0.818. The average molecular weight is 302 g/mol. The molecule has 0 saturated carbocycles. The van der Waals surface area contributed by atoms with Crippen molar-refractivity contribution < 1.29 is 4.79 Å². The molecule has 0 aliphatic heterocycles. The normalized spacial score (nSPS) is 10.4. The van der Waals surface area contributed by atoms with Gasteiger partial charge in [0.2, 0.25) is 5.91 Å². The molecular formula is C15H18N4OS. The van der Waals surface area contributed by atoms with Crippen LogP contribution in [0.5, 0.6) is 0 Å². The van der Waals surface area contributed by atoms with Crippen molar-refractivity contribution in [2.45, 2.75) is 6.92 Å². The first-order valence-corrected chi connectivity index (χ1v) is 7.12. The number of hydrogen-bond acceptors (Lipinski definition) is 4. The van der Waals surface area contributed by atoms with E-state index in [2.05, 4.69) is 10.3 Å². The van der Waals surface area contributed by atoms with E-state index in [9.17, 15) is 4.79 Å². The third-order valence-electron chi connectivity index (χ3n) is 3.32. The number of hydrogen-bond donors (Lipinski definition) is 2. The van der Waals surface area contributed by atoms with Gasteiger partial charge in [0.25, 0.3) is 0 Å². The van der Waals surface area contributed by atoms with Gasteiger partial charge in [0.15, 0.2) is 0 Å². The van der Waals surface area contributed by atoms with Crippen molar-refractivity contribution in [2.75, 3.05) is 25.0 Å². The van der Waals surface area contributed by atoms with Crippen LogP contribution in [0.1, 0.15) is 12.5 Å². The molecule has 6 heteroatoms. The molecule has 0 aliphatic carbocycles. The molecule has 3 N–H and O–H groups in total. The van der Waals surface area contributed by atoms with Gasteiger partial charge in [-0.05, 0) is 13.0 Å². The van der Waals surface area contributed by atoms with Crippen molar-refractivity contribution in [1.82, 2.24) is 10.3 Å². The van der Waals surface area contributed by atoms with Gasteiger partial charge in [-0.1, -0.05) is 30.4 Å². The zero-order chi connectivity index (χ0) is 15.4. The molecular weight excluding hydrogens is 284 g/mol. The highest BCUT2D eigenvalue weighted by atomic mass is 32.1. The summed E-state index contributed by atoms with van der Waals surface area (Å²) in [4.78, 5) is 18.4. The van der Waals surface area contributed by atoms with Crippen LogP contribution in [0.25, 0.3) is 10.9 Å². The first-order valence-electron chi connectivity index (χ1n) is 6.71. The van der Waals surface area contributed by atoms with E-state index in [-0.39, 0.29) is 17.4 Å². The number of nitrogens with one attached hydrogen (secondary N) is 1. The largest absolute Gasteiger partial charge is 0.389 e. The van der Waals surface area contributed by atoms with E-state index in [1.807, 2.05) is 36.1 Å². The van der Waals surface area contributed by atoms with E-state index in [1.165, 1.54) is 0 Å². The number of anilines is 1. The van der Waals surface area contributed by atoms with Crippen molar-refractivity contribution in [1.29, 1.82) is 0 Å². The molecule has 0 unspecified atom stereocenters. The van der Waals surface area contributed by atoms with Crippen molar-refractivity contribution in [2.24, 2.45) is 5.73 Å². The minimum Gasteiger partial charge on any atom is -0.389 e. The fourth-order valence-electron chi connectivity index (χ4n) is 2.25. The molecule has 2 aromatic rings. The van der Waals surface area contributed by atoms with Crippen LogP contribution in [0.3, 0.4) is 0 Å². The van der Waals surface area contributed by atoms with E-state index < -0.39 is 0 Å². The Morgan fingerprint density at radius 1 is 1.43 bits per heavy atom. The number of benzene rings is 1. The number of aromatic nitrogens is 1. The number of thiocarbonyl (C=S) groups is 1. The summed E-state index contributed by atoms with van der Waals surface area (Å²) in [7, 11) is 1.62. The molecule has 1 aromatic carbocycles. The molecule has 0 aliphatic rings. The summed E-state index contributed by atoms with van der Waals surface area (Å²) in [6.45, 7) is 2.90. The van der Waals surface area contributed by atoms with Gasteiger partial charge in [-0.3, -0.25) is 9.78 Å². The standard InChI is InChI=1S/C15H18N4OS/c1-3-19(9-13(20)17-2)14-10-6-4-5-7-12(10)18-8-11(14)15(16)21/h4-8H,3,9H2,1-2H3,(H2,16,21)(H,17,20). The summed E-state index contributed by atoms with van der Waals surface area (Å²) < 4.78 is 0. The number of para-hydroxylation sites is 1. The number of amides is 1. The maximum Gasteiger partial charge on any atom is 0.239 e. The molecule has 2 rings (SSSR count). The van der Waals surface area contributed by atoms with Crippen LogP contribution in [0, 0.1) is 0 Å². The molecule has 1 aromatic heterocycles. The van der Waals surface area contributed by atoms with Crippen LogP contribution in [0.15, 0.2) is 30.5 Å². The van der Waals surface area contributed by atoms with Gasteiger partial charge in [0, 0.05) is 25.2 Å². The summed E-state index contributed by atoms with van der Waals surface area (Å²) in [6.07, 6.45) is 1.67. The Hall–Kier alpha value is -2.21. The zero-order valence-electron chi connectivity index (χ0n) is 12.1. The number of nitrogens with zero attached hydrogens (tertiary/aromatic N) is 2. The molecule has 0 saturated heterocycles. The maximum absolute atomic E-state index is 11.7. The van der Waals surface area contributed by atoms with E-state index in [4.69, 9.17) is 18.0 Å². The molecule has 0 atom stereocenters. The summed E-state index contributed by atoms with van der Waals surface area (Å²) >= 11 is 5.13. The van der Waals surface area contributed by atoms with Gasteiger partial charge >= 0.3 is 0 Å². The summed E-state index contributed by atoms with van der Waals surface area (Å²) in [5.41, 5.74) is 8.23. The predicted octanol–water partition coefficient (Wildman–Crippen LogP) is 1.44. The second kappa shape index (κ2) is 6.49. The van der Waals surface area contributed by atoms with Crippen LogP contribution in [0.2, 0.25) is 0 Å². The Morgan fingerprint density at radius 3 is 2.76 bits per heavy atom. The van der Waals surface area contributed by atoms with E-state index in [1.54, 1.807) is 13.2 Å². The van der Waals surface area contributed by atoms with Gasteiger partial charge < -0.3 is 16.0 Å². The Morgan fingerprint density at radius 2 is 2.14 bits per heavy atom. The maximum atomic E-state index is 11.7. The van der Waals surface area contributed by atoms with Crippen LogP contribution < -0.4 is 16.0 Å². The van der Waals surface area contributed by atoms with E-state index >= 15 is 0 Å². The van der Waals surface area contributed by atoms with Crippen molar-refractivity contribution in [3.63, 3.8) is 0 Å². The van der Waals surface area contributed by atoms with Crippen LogP contribution in [-0.4, -0.2) is 36.0 Å². The van der Waals surface area contributed by atoms with E-state index in [0.717, 1.165) is 16.6 Å². The predicted molar refractivity (Wildman–Crippen MR) is 89.6 cm³/mol. The second-order valence-electron chi connectivity index (χ2n) is 4.59. The van der Waals surface area contributed by atoms with Gasteiger partial charge in [-0.15, -0.1) is 0 Å². The molecule has 0 radical (unpaired) electrons. The minimum absolute atomic E-state index is 0.0633. The highest BCUT2D eigenvalue weighted by molar-refractivity contribution is 7.80. The molecule has 1 amide bonds. The topological polar surface area (TPSA) is 71.2 Å². The van der Waals surface area contributed by atoms with Crippen molar-refractivity contribution >= 4 is 39.7 Å².